The Morgan fingerprint density at radius 1 is 1.28 bits per heavy atom. The molecule has 8 heteroatoms. The molecule has 6 nitrogen and oxygen atoms in total. The second-order valence-electron chi connectivity index (χ2n) is 3.53. The monoisotopic (exact) mass is 283 g/mol. The van der Waals surface area contributed by atoms with E-state index in [9.17, 15) is 0 Å². The molecular formula is C10H7Cl2N5O. The minimum Gasteiger partial charge on any atom is -0.467 e. The van der Waals surface area contributed by atoms with Gasteiger partial charge in [-0.2, -0.15) is 4.98 Å². The number of nitrogens with zero attached hydrogens (tertiary/aromatic N) is 3. The van der Waals surface area contributed by atoms with Gasteiger partial charge >= 0.3 is 0 Å². The molecule has 3 N–H and O–H groups in total. The fraction of sp³-hybridized carbons (Fsp3) is 0.100. The highest BCUT2D eigenvalue weighted by Gasteiger charge is 2.15. The molecule has 3 aromatic heterocycles. The number of nitrogens with one attached hydrogen (secondary N) is 1. The highest BCUT2D eigenvalue weighted by Crippen LogP contribution is 2.27. The number of halogens is 2. The van der Waals surface area contributed by atoms with Crippen molar-refractivity contribution < 1.29 is 4.42 Å². The van der Waals surface area contributed by atoms with Crippen molar-refractivity contribution in [3.63, 3.8) is 0 Å². The Morgan fingerprint density at radius 3 is 2.89 bits per heavy atom. The van der Waals surface area contributed by atoms with Gasteiger partial charge in [0.2, 0.25) is 5.28 Å². The highest BCUT2D eigenvalue weighted by atomic mass is 35.5. The van der Waals surface area contributed by atoms with Crippen molar-refractivity contribution in [3.8, 4) is 11.4 Å². The van der Waals surface area contributed by atoms with E-state index < -0.39 is 0 Å². The maximum absolute atomic E-state index is 5.94. The second kappa shape index (κ2) is 4.24. The first-order valence-corrected chi connectivity index (χ1v) is 5.80. The number of imidazole rings is 1. The average Bonchev–Trinajstić information content (AvgIpc) is 2.92. The smallest absolute Gasteiger partial charge is 0.225 e. The van der Waals surface area contributed by atoms with Crippen molar-refractivity contribution in [1.29, 1.82) is 0 Å². The van der Waals surface area contributed by atoms with Crippen LogP contribution in [0.3, 0.4) is 0 Å². The van der Waals surface area contributed by atoms with Gasteiger partial charge in [-0.05, 0) is 17.7 Å². The zero-order valence-corrected chi connectivity index (χ0v) is 10.5. The third-order valence-electron chi connectivity index (χ3n) is 2.46. The molecule has 3 heterocycles. The zero-order chi connectivity index (χ0) is 12.7. The molecule has 0 atom stereocenters. The lowest BCUT2D eigenvalue weighted by Crippen LogP contribution is -1.96. The third kappa shape index (κ3) is 1.74. The normalized spacial score (nSPS) is 11.3. The van der Waals surface area contributed by atoms with Gasteiger partial charge in [-0.15, -0.1) is 0 Å². The van der Waals surface area contributed by atoms with Crippen LogP contribution in [0.4, 0.5) is 0 Å². The zero-order valence-electron chi connectivity index (χ0n) is 8.94. The van der Waals surface area contributed by atoms with Crippen molar-refractivity contribution >= 4 is 34.4 Å². The molecule has 0 fully saturated rings. The van der Waals surface area contributed by atoms with Crippen molar-refractivity contribution in [2.75, 3.05) is 0 Å². The quantitative estimate of drug-likeness (QED) is 0.556. The van der Waals surface area contributed by atoms with Crippen LogP contribution in [-0.4, -0.2) is 19.9 Å². The van der Waals surface area contributed by atoms with Crippen molar-refractivity contribution in [2.24, 2.45) is 5.73 Å². The molecule has 0 saturated heterocycles. The molecule has 0 unspecified atom stereocenters. The van der Waals surface area contributed by atoms with Crippen LogP contribution in [0.1, 0.15) is 5.76 Å². The Hall–Kier alpha value is -1.63. The predicted octanol–water partition coefficient (Wildman–Crippen LogP) is 2.38. The Labute approximate surface area is 111 Å². The largest absolute Gasteiger partial charge is 0.467 e. The average molecular weight is 284 g/mol. The van der Waals surface area contributed by atoms with Crippen LogP contribution < -0.4 is 5.73 Å². The number of hydrogen-bond donors (Lipinski definition) is 2. The summed E-state index contributed by atoms with van der Waals surface area (Å²) >= 11 is 11.7. The molecule has 0 radical (unpaired) electrons. The van der Waals surface area contributed by atoms with Gasteiger partial charge in [0.25, 0.3) is 0 Å². The van der Waals surface area contributed by atoms with Gasteiger partial charge in [0.15, 0.2) is 10.8 Å². The van der Waals surface area contributed by atoms with E-state index in [-0.39, 0.29) is 17.0 Å². The number of aromatic nitrogens is 4. The molecule has 0 aliphatic heterocycles. The molecule has 18 heavy (non-hydrogen) atoms. The molecule has 0 bridgehead atoms. The first kappa shape index (κ1) is 11.5. The summed E-state index contributed by atoms with van der Waals surface area (Å²) in [4.78, 5) is 15.2. The maximum atomic E-state index is 5.94. The van der Waals surface area contributed by atoms with E-state index in [1.165, 1.54) is 0 Å². The Kier molecular flexibility index (Phi) is 2.70. The van der Waals surface area contributed by atoms with E-state index in [1.807, 2.05) is 0 Å². The van der Waals surface area contributed by atoms with Crippen LogP contribution in [0.25, 0.3) is 22.6 Å². The summed E-state index contributed by atoms with van der Waals surface area (Å²) in [6.45, 7) is 0.277. The summed E-state index contributed by atoms with van der Waals surface area (Å²) in [5.41, 5.74) is 7.27. The summed E-state index contributed by atoms with van der Waals surface area (Å²) in [5.74, 6) is 1.20. The first-order valence-electron chi connectivity index (χ1n) is 5.04. The molecule has 0 amide bonds. The number of rotatable bonds is 2. The van der Waals surface area contributed by atoms with E-state index >= 15 is 0 Å². The minimum atomic E-state index is 0.0638. The SMILES string of the molecule is NCc1occc1-c1nc2c(Cl)nc(Cl)nc2[nH]1. The highest BCUT2D eigenvalue weighted by molar-refractivity contribution is 6.35. The number of H-pyrrole nitrogens is 1. The topological polar surface area (TPSA) is 93.6 Å². The summed E-state index contributed by atoms with van der Waals surface area (Å²) in [5, 5.41) is 0.263. The van der Waals surface area contributed by atoms with Gasteiger partial charge in [-0.25, -0.2) is 9.97 Å². The van der Waals surface area contributed by atoms with Gasteiger partial charge in [0.1, 0.15) is 17.1 Å². The third-order valence-corrected chi connectivity index (χ3v) is 2.89. The van der Waals surface area contributed by atoms with Crippen LogP contribution in [-0.2, 0) is 6.54 Å². The lowest BCUT2D eigenvalue weighted by molar-refractivity contribution is 0.513. The van der Waals surface area contributed by atoms with Crippen molar-refractivity contribution in [2.45, 2.75) is 6.54 Å². The van der Waals surface area contributed by atoms with Crippen molar-refractivity contribution in [1.82, 2.24) is 19.9 Å². The molecule has 3 rings (SSSR count). The van der Waals surface area contributed by atoms with Gasteiger partial charge in [0.05, 0.1) is 18.4 Å². The van der Waals surface area contributed by atoms with Gasteiger partial charge in [-0.1, -0.05) is 11.6 Å². The lowest BCUT2D eigenvalue weighted by Gasteiger charge is -1.94. The standard InChI is InChI=1S/C10H7Cl2N5O/c11-7-6-9(17-10(12)15-7)16-8(14-6)4-1-2-18-5(4)3-13/h1-2H,3,13H2,(H,14,15,16,17). The van der Waals surface area contributed by atoms with E-state index in [1.54, 1.807) is 12.3 Å². The molecular weight excluding hydrogens is 277 g/mol. The van der Waals surface area contributed by atoms with Crippen LogP contribution >= 0.6 is 23.2 Å². The molecule has 92 valence electrons. The lowest BCUT2D eigenvalue weighted by atomic mass is 10.2. The molecule has 0 aromatic carbocycles. The Morgan fingerprint density at radius 2 is 2.11 bits per heavy atom. The molecule has 0 saturated carbocycles. The molecule has 0 spiro atoms. The van der Waals surface area contributed by atoms with E-state index in [2.05, 4.69) is 19.9 Å². The fourth-order valence-corrected chi connectivity index (χ4v) is 2.10. The van der Waals surface area contributed by atoms with Gasteiger partial charge in [-0.3, -0.25) is 0 Å². The van der Waals surface area contributed by atoms with Gasteiger partial charge < -0.3 is 15.1 Å². The summed E-state index contributed by atoms with van der Waals surface area (Å²) < 4.78 is 5.24. The number of nitrogens with two attached hydrogens (primary N) is 1. The molecule has 0 aliphatic rings. The minimum absolute atomic E-state index is 0.0638. The van der Waals surface area contributed by atoms with E-state index in [0.717, 1.165) is 5.56 Å². The van der Waals surface area contributed by atoms with Crippen LogP contribution in [0.5, 0.6) is 0 Å². The van der Waals surface area contributed by atoms with Crippen LogP contribution in [0.2, 0.25) is 10.4 Å². The van der Waals surface area contributed by atoms with E-state index in [4.69, 9.17) is 33.4 Å². The first-order chi connectivity index (χ1) is 8.69. The van der Waals surface area contributed by atoms with Crippen LogP contribution in [0, 0.1) is 0 Å². The van der Waals surface area contributed by atoms with Gasteiger partial charge in [0, 0.05) is 0 Å². The number of fused-ring (bicyclic) bond motifs is 1. The Bertz CT molecular complexity index is 720. The summed E-state index contributed by atoms with van der Waals surface area (Å²) in [6.07, 6.45) is 1.55. The fourth-order valence-electron chi connectivity index (χ4n) is 1.68. The Balaban J connectivity index is 2.22. The summed E-state index contributed by atoms with van der Waals surface area (Å²) in [6, 6.07) is 1.77. The number of hydrogen-bond acceptors (Lipinski definition) is 5. The maximum Gasteiger partial charge on any atom is 0.225 e. The van der Waals surface area contributed by atoms with Crippen molar-refractivity contribution in [3.05, 3.63) is 28.5 Å². The van der Waals surface area contributed by atoms with Crippen LogP contribution in [0.15, 0.2) is 16.7 Å². The molecule has 3 aromatic rings. The summed E-state index contributed by atoms with van der Waals surface area (Å²) in [7, 11) is 0. The molecule has 0 aliphatic carbocycles. The van der Waals surface area contributed by atoms with E-state index in [0.29, 0.717) is 22.7 Å². The number of aromatic amines is 1. The second-order valence-corrected chi connectivity index (χ2v) is 4.22. The predicted molar refractivity (Wildman–Crippen MR) is 67.3 cm³/mol. The number of furan rings is 1.